The Morgan fingerprint density at radius 1 is 0.889 bits per heavy atom. The van der Waals surface area contributed by atoms with Crippen LogP contribution in [-0.4, -0.2) is 11.7 Å². The molecule has 0 bridgehead atoms. The van der Waals surface area contributed by atoms with Gasteiger partial charge in [0.15, 0.2) is 0 Å². The monoisotopic (exact) mass is 358 g/mol. The molecule has 0 radical (unpaired) electrons. The lowest BCUT2D eigenvalue weighted by atomic mass is 9.93. The Morgan fingerprint density at radius 3 is 2.30 bits per heavy atom. The minimum atomic E-state index is -0.430. The lowest BCUT2D eigenvalue weighted by Gasteiger charge is -2.13. The van der Waals surface area contributed by atoms with E-state index in [9.17, 15) is 9.90 Å². The van der Waals surface area contributed by atoms with Gasteiger partial charge in [0.25, 0.3) is 0 Å². The summed E-state index contributed by atoms with van der Waals surface area (Å²) in [6, 6.07) is 21.8. The van der Waals surface area contributed by atoms with E-state index in [4.69, 9.17) is 9.15 Å². The molecule has 1 N–H and O–H groups in total. The molecule has 3 aromatic carbocycles. The van der Waals surface area contributed by atoms with Crippen LogP contribution in [0.1, 0.15) is 6.92 Å². The van der Waals surface area contributed by atoms with Gasteiger partial charge in [0.2, 0.25) is 0 Å². The van der Waals surface area contributed by atoms with Gasteiger partial charge in [-0.05, 0) is 42.3 Å². The smallest absolute Gasteiger partial charge is 0.344 e. The summed E-state index contributed by atoms with van der Waals surface area (Å²) in [5.74, 6) is 0.802. The standard InChI is InChI=1S/C23H18O4/c1-2-26-18-12-13-19-20(14-18)27-23(25)22(16-8-10-17(24)11-9-16)21(19)15-6-4-3-5-7-15/h3-14,24H,2H2,1H3. The van der Waals surface area contributed by atoms with E-state index in [1.165, 1.54) is 0 Å². The summed E-state index contributed by atoms with van der Waals surface area (Å²) in [5, 5.41) is 10.4. The maximum absolute atomic E-state index is 12.9. The van der Waals surface area contributed by atoms with Crippen molar-refractivity contribution in [3.8, 4) is 33.8 Å². The first kappa shape index (κ1) is 16.9. The Labute approximate surface area is 156 Å². The topological polar surface area (TPSA) is 59.7 Å². The Kier molecular flexibility index (Phi) is 4.38. The van der Waals surface area contributed by atoms with Crippen molar-refractivity contribution in [2.75, 3.05) is 6.61 Å². The van der Waals surface area contributed by atoms with Crippen molar-refractivity contribution in [2.45, 2.75) is 6.92 Å². The predicted molar refractivity (Wildman–Crippen MR) is 106 cm³/mol. The molecule has 0 unspecified atom stereocenters. The van der Waals surface area contributed by atoms with E-state index in [2.05, 4.69) is 0 Å². The first-order valence-electron chi connectivity index (χ1n) is 8.76. The van der Waals surface area contributed by atoms with Crippen molar-refractivity contribution < 1.29 is 14.3 Å². The summed E-state index contributed by atoms with van der Waals surface area (Å²) in [4.78, 5) is 12.9. The summed E-state index contributed by atoms with van der Waals surface area (Å²) in [6.45, 7) is 2.44. The Bertz CT molecular complexity index is 1140. The average Bonchev–Trinajstić information content (AvgIpc) is 2.69. The second-order valence-electron chi connectivity index (χ2n) is 6.14. The van der Waals surface area contributed by atoms with Gasteiger partial charge in [0, 0.05) is 17.0 Å². The normalized spacial score (nSPS) is 10.9. The van der Waals surface area contributed by atoms with Crippen molar-refractivity contribution in [2.24, 2.45) is 0 Å². The van der Waals surface area contributed by atoms with Crippen molar-refractivity contribution in [3.63, 3.8) is 0 Å². The fourth-order valence-electron chi connectivity index (χ4n) is 3.23. The molecule has 0 atom stereocenters. The van der Waals surface area contributed by atoms with Crippen molar-refractivity contribution in [1.82, 2.24) is 0 Å². The first-order valence-corrected chi connectivity index (χ1v) is 8.76. The first-order chi connectivity index (χ1) is 13.2. The quantitative estimate of drug-likeness (QED) is 0.507. The number of rotatable bonds is 4. The van der Waals surface area contributed by atoms with Crippen molar-refractivity contribution >= 4 is 11.0 Å². The van der Waals surface area contributed by atoms with E-state index in [0.717, 1.165) is 16.5 Å². The van der Waals surface area contributed by atoms with Crippen LogP contribution in [-0.2, 0) is 0 Å². The zero-order valence-corrected chi connectivity index (χ0v) is 14.8. The van der Waals surface area contributed by atoms with Gasteiger partial charge in [-0.3, -0.25) is 0 Å². The lowest BCUT2D eigenvalue weighted by Crippen LogP contribution is -2.06. The number of phenolic OH excluding ortho intramolecular Hbond substituents is 1. The summed E-state index contributed by atoms with van der Waals surface area (Å²) in [5.41, 5.74) is 2.93. The third-order valence-electron chi connectivity index (χ3n) is 4.41. The van der Waals surface area contributed by atoms with Gasteiger partial charge in [-0.25, -0.2) is 4.79 Å². The fraction of sp³-hybridized carbons (Fsp3) is 0.0870. The van der Waals surface area contributed by atoms with Crippen LogP contribution in [0.5, 0.6) is 11.5 Å². The van der Waals surface area contributed by atoms with Crippen LogP contribution < -0.4 is 10.4 Å². The summed E-state index contributed by atoms with van der Waals surface area (Å²) < 4.78 is 11.2. The number of hydrogen-bond donors (Lipinski definition) is 1. The highest BCUT2D eigenvalue weighted by molar-refractivity contribution is 6.01. The molecule has 4 heteroatoms. The largest absolute Gasteiger partial charge is 0.508 e. The molecule has 0 fully saturated rings. The second-order valence-corrected chi connectivity index (χ2v) is 6.14. The maximum Gasteiger partial charge on any atom is 0.344 e. The molecule has 0 aliphatic heterocycles. The van der Waals surface area contributed by atoms with E-state index >= 15 is 0 Å². The highest BCUT2D eigenvalue weighted by Crippen LogP contribution is 2.37. The van der Waals surface area contributed by atoms with Gasteiger partial charge < -0.3 is 14.3 Å². The highest BCUT2D eigenvalue weighted by atomic mass is 16.5. The molecule has 1 heterocycles. The zero-order valence-electron chi connectivity index (χ0n) is 14.8. The van der Waals surface area contributed by atoms with Crippen LogP contribution in [0.15, 0.2) is 82.0 Å². The van der Waals surface area contributed by atoms with E-state index in [1.54, 1.807) is 30.3 Å². The molecule has 27 heavy (non-hydrogen) atoms. The van der Waals surface area contributed by atoms with E-state index in [1.807, 2.05) is 49.4 Å². The average molecular weight is 358 g/mol. The third kappa shape index (κ3) is 3.17. The number of ether oxygens (including phenoxy) is 1. The molecule has 0 saturated heterocycles. The maximum atomic E-state index is 12.9. The van der Waals surface area contributed by atoms with Gasteiger partial charge in [-0.15, -0.1) is 0 Å². The molecule has 4 aromatic rings. The van der Waals surface area contributed by atoms with Crippen LogP contribution in [0.3, 0.4) is 0 Å². The van der Waals surface area contributed by atoms with Gasteiger partial charge in [-0.1, -0.05) is 42.5 Å². The molecule has 1 aromatic heterocycles. The number of fused-ring (bicyclic) bond motifs is 1. The van der Waals surface area contributed by atoms with E-state index in [-0.39, 0.29) is 5.75 Å². The number of benzene rings is 3. The van der Waals surface area contributed by atoms with Crippen LogP contribution in [0.25, 0.3) is 33.2 Å². The van der Waals surface area contributed by atoms with Crippen LogP contribution in [0.4, 0.5) is 0 Å². The molecule has 0 spiro atoms. The Balaban J connectivity index is 2.07. The van der Waals surface area contributed by atoms with Gasteiger partial charge in [0.05, 0.1) is 12.2 Å². The number of phenols is 1. The summed E-state index contributed by atoms with van der Waals surface area (Å²) in [7, 11) is 0. The molecule has 0 aliphatic carbocycles. The van der Waals surface area contributed by atoms with Crippen LogP contribution >= 0.6 is 0 Å². The van der Waals surface area contributed by atoms with Gasteiger partial charge in [-0.2, -0.15) is 0 Å². The minimum absolute atomic E-state index is 0.145. The summed E-state index contributed by atoms with van der Waals surface area (Å²) >= 11 is 0. The SMILES string of the molecule is CCOc1ccc2c(-c3ccccc3)c(-c3ccc(O)cc3)c(=O)oc2c1. The molecule has 0 aliphatic rings. The van der Waals surface area contributed by atoms with Gasteiger partial charge >= 0.3 is 5.63 Å². The fourth-order valence-corrected chi connectivity index (χ4v) is 3.23. The van der Waals surface area contributed by atoms with Crippen molar-refractivity contribution in [1.29, 1.82) is 0 Å². The molecule has 0 saturated carbocycles. The van der Waals surface area contributed by atoms with Gasteiger partial charge in [0.1, 0.15) is 17.1 Å². The number of aromatic hydroxyl groups is 1. The van der Waals surface area contributed by atoms with E-state index in [0.29, 0.717) is 29.1 Å². The van der Waals surface area contributed by atoms with Crippen LogP contribution in [0, 0.1) is 0 Å². The Morgan fingerprint density at radius 2 is 1.59 bits per heavy atom. The molecule has 4 nitrogen and oxygen atoms in total. The lowest BCUT2D eigenvalue weighted by molar-refractivity contribution is 0.340. The minimum Gasteiger partial charge on any atom is -0.508 e. The highest BCUT2D eigenvalue weighted by Gasteiger charge is 2.18. The molecular weight excluding hydrogens is 340 g/mol. The molecule has 134 valence electrons. The third-order valence-corrected chi connectivity index (χ3v) is 4.41. The van der Waals surface area contributed by atoms with E-state index < -0.39 is 5.63 Å². The predicted octanol–water partition coefficient (Wildman–Crippen LogP) is 5.23. The second kappa shape index (κ2) is 7.00. The molecule has 0 amide bonds. The summed E-state index contributed by atoms with van der Waals surface area (Å²) in [6.07, 6.45) is 0. The zero-order chi connectivity index (χ0) is 18.8. The molecular formula is C23H18O4. The number of hydrogen-bond acceptors (Lipinski definition) is 4. The van der Waals surface area contributed by atoms with Crippen LogP contribution in [0.2, 0.25) is 0 Å². The van der Waals surface area contributed by atoms with Crippen molar-refractivity contribution in [3.05, 3.63) is 83.2 Å². The molecule has 4 rings (SSSR count). The Hall–Kier alpha value is -3.53.